The lowest BCUT2D eigenvalue weighted by molar-refractivity contribution is 0.0769. The lowest BCUT2D eigenvalue weighted by atomic mass is 10.2. The summed E-state index contributed by atoms with van der Waals surface area (Å²) in [6, 6.07) is 6.42. The summed E-state index contributed by atoms with van der Waals surface area (Å²) in [5.41, 5.74) is -0.0402. The van der Waals surface area contributed by atoms with Gasteiger partial charge < -0.3 is 9.32 Å². The number of hydrogen-bond acceptors (Lipinski definition) is 3. The van der Waals surface area contributed by atoms with E-state index in [1.165, 1.54) is 29.5 Å². The third-order valence-corrected chi connectivity index (χ3v) is 2.31. The van der Waals surface area contributed by atoms with Gasteiger partial charge in [-0.05, 0) is 24.3 Å². The number of carbonyl (C=O) groups is 1. The zero-order chi connectivity index (χ0) is 12.3. The van der Waals surface area contributed by atoms with Crippen LogP contribution in [0.25, 0.3) is 0 Å². The van der Waals surface area contributed by atoms with Crippen molar-refractivity contribution < 1.29 is 13.6 Å². The van der Waals surface area contributed by atoms with Crippen LogP contribution in [0.1, 0.15) is 16.1 Å². The molecule has 0 N–H and O–H groups in total. The molecule has 17 heavy (non-hydrogen) atoms. The predicted octanol–water partition coefficient (Wildman–Crippen LogP) is 2.09. The number of hydrogen-bond donors (Lipinski definition) is 0. The second kappa shape index (κ2) is 4.78. The average molecular weight is 234 g/mol. The highest BCUT2D eigenvalue weighted by Gasteiger charge is 2.17. The second-order valence-electron chi connectivity index (χ2n) is 3.58. The number of aromatic nitrogens is 1. The molecular formula is C12H11FN2O2. The van der Waals surface area contributed by atoms with Gasteiger partial charge >= 0.3 is 0 Å². The number of rotatable bonds is 3. The van der Waals surface area contributed by atoms with Crippen LogP contribution >= 0.6 is 0 Å². The summed E-state index contributed by atoms with van der Waals surface area (Å²) in [5, 5.41) is 0. The lowest BCUT2D eigenvalue weighted by Gasteiger charge is -2.15. The number of furan rings is 1. The SMILES string of the molecule is CN(Cc1ccco1)C(=O)c1cccnc1F. The topological polar surface area (TPSA) is 46.3 Å². The molecule has 0 spiro atoms. The van der Waals surface area contributed by atoms with Crippen molar-refractivity contribution >= 4 is 5.91 Å². The van der Waals surface area contributed by atoms with Gasteiger partial charge in [-0.3, -0.25) is 4.79 Å². The Balaban J connectivity index is 2.13. The molecule has 2 aromatic heterocycles. The van der Waals surface area contributed by atoms with Gasteiger partial charge in [-0.2, -0.15) is 4.39 Å². The predicted molar refractivity (Wildman–Crippen MR) is 58.7 cm³/mol. The molecule has 0 radical (unpaired) electrons. The largest absolute Gasteiger partial charge is 0.467 e. The summed E-state index contributed by atoms with van der Waals surface area (Å²) >= 11 is 0. The molecular weight excluding hydrogens is 223 g/mol. The van der Waals surface area contributed by atoms with E-state index >= 15 is 0 Å². The van der Waals surface area contributed by atoms with Crippen LogP contribution in [0.15, 0.2) is 41.1 Å². The molecule has 0 saturated carbocycles. The summed E-state index contributed by atoms with van der Waals surface area (Å²) in [7, 11) is 1.58. The van der Waals surface area contributed by atoms with Gasteiger partial charge in [0.15, 0.2) is 0 Å². The fourth-order valence-electron chi connectivity index (χ4n) is 1.46. The van der Waals surface area contributed by atoms with Crippen LogP contribution in [-0.4, -0.2) is 22.8 Å². The molecule has 0 saturated heterocycles. The fraction of sp³-hybridized carbons (Fsp3) is 0.167. The average Bonchev–Trinajstić information content (AvgIpc) is 2.81. The van der Waals surface area contributed by atoms with E-state index in [9.17, 15) is 9.18 Å². The van der Waals surface area contributed by atoms with Crippen LogP contribution in [0, 0.1) is 5.95 Å². The highest BCUT2D eigenvalue weighted by molar-refractivity contribution is 5.93. The third-order valence-electron chi connectivity index (χ3n) is 2.31. The van der Waals surface area contributed by atoms with Gasteiger partial charge in [0.2, 0.25) is 5.95 Å². The first-order valence-electron chi connectivity index (χ1n) is 5.07. The lowest BCUT2D eigenvalue weighted by Crippen LogP contribution is -2.27. The Morgan fingerprint density at radius 3 is 2.94 bits per heavy atom. The van der Waals surface area contributed by atoms with Crippen LogP contribution < -0.4 is 0 Å². The molecule has 0 aliphatic heterocycles. The maximum Gasteiger partial charge on any atom is 0.258 e. The Bertz CT molecular complexity index is 511. The standard InChI is InChI=1S/C12H11FN2O2/c1-15(8-9-4-3-7-17-9)12(16)10-5-2-6-14-11(10)13/h2-7H,8H2,1H3. The van der Waals surface area contributed by atoms with Gasteiger partial charge in [0.1, 0.15) is 5.76 Å². The van der Waals surface area contributed by atoms with Gasteiger partial charge in [-0.25, -0.2) is 4.98 Å². The Morgan fingerprint density at radius 1 is 1.47 bits per heavy atom. The molecule has 0 atom stereocenters. The first-order chi connectivity index (χ1) is 8.18. The molecule has 4 nitrogen and oxygen atoms in total. The number of pyridine rings is 1. The number of carbonyl (C=O) groups excluding carboxylic acids is 1. The zero-order valence-corrected chi connectivity index (χ0v) is 9.26. The van der Waals surface area contributed by atoms with Gasteiger partial charge in [0, 0.05) is 13.2 Å². The minimum atomic E-state index is -0.760. The van der Waals surface area contributed by atoms with Gasteiger partial charge in [0.05, 0.1) is 18.4 Å². The number of halogens is 1. The molecule has 0 aromatic carbocycles. The third kappa shape index (κ3) is 2.50. The normalized spacial score (nSPS) is 10.2. The Kier molecular flexibility index (Phi) is 3.18. The van der Waals surface area contributed by atoms with Crippen molar-refractivity contribution in [1.29, 1.82) is 0 Å². The quantitative estimate of drug-likeness (QED) is 0.764. The molecule has 88 valence electrons. The van der Waals surface area contributed by atoms with Crippen molar-refractivity contribution in [3.63, 3.8) is 0 Å². The Morgan fingerprint density at radius 2 is 2.29 bits per heavy atom. The van der Waals surface area contributed by atoms with E-state index < -0.39 is 11.9 Å². The van der Waals surface area contributed by atoms with Crippen LogP contribution in [0.2, 0.25) is 0 Å². The summed E-state index contributed by atoms with van der Waals surface area (Å²) in [5.74, 6) is -0.541. The van der Waals surface area contributed by atoms with Crippen LogP contribution in [0.4, 0.5) is 4.39 Å². The van der Waals surface area contributed by atoms with E-state index in [4.69, 9.17) is 4.42 Å². The van der Waals surface area contributed by atoms with E-state index in [1.807, 2.05) is 0 Å². The van der Waals surface area contributed by atoms with Crippen molar-refractivity contribution in [2.75, 3.05) is 7.05 Å². The van der Waals surface area contributed by atoms with E-state index in [1.54, 1.807) is 19.2 Å². The molecule has 0 bridgehead atoms. The highest BCUT2D eigenvalue weighted by atomic mass is 19.1. The van der Waals surface area contributed by atoms with Crippen LogP contribution in [0.5, 0.6) is 0 Å². The molecule has 2 rings (SSSR count). The Hall–Kier alpha value is -2.17. The Labute approximate surface area is 97.7 Å². The van der Waals surface area contributed by atoms with E-state index in [0.717, 1.165) is 0 Å². The first-order valence-corrected chi connectivity index (χ1v) is 5.07. The molecule has 1 amide bonds. The summed E-state index contributed by atoms with van der Waals surface area (Å²) in [6.45, 7) is 0.292. The van der Waals surface area contributed by atoms with E-state index in [-0.39, 0.29) is 5.56 Å². The molecule has 5 heteroatoms. The van der Waals surface area contributed by atoms with Crippen molar-refractivity contribution in [3.05, 3.63) is 54.0 Å². The summed E-state index contributed by atoms with van der Waals surface area (Å²) < 4.78 is 18.4. The minimum Gasteiger partial charge on any atom is -0.467 e. The smallest absolute Gasteiger partial charge is 0.258 e. The fourth-order valence-corrected chi connectivity index (χ4v) is 1.46. The van der Waals surface area contributed by atoms with Crippen molar-refractivity contribution in [2.24, 2.45) is 0 Å². The van der Waals surface area contributed by atoms with Crippen molar-refractivity contribution in [1.82, 2.24) is 9.88 Å². The zero-order valence-electron chi connectivity index (χ0n) is 9.26. The summed E-state index contributed by atoms with van der Waals surface area (Å²) in [6.07, 6.45) is 2.83. The second-order valence-corrected chi connectivity index (χ2v) is 3.58. The van der Waals surface area contributed by atoms with Crippen LogP contribution in [-0.2, 0) is 6.54 Å². The van der Waals surface area contributed by atoms with Gasteiger partial charge in [-0.15, -0.1) is 0 Å². The monoisotopic (exact) mass is 234 g/mol. The molecule has 0 unspecified atom stereocenters. The van der Waals surface area contributed by atoms with Gasteiger partial charge in [0.25, 0.3) is 5.91 Å². The van der Waals surface area contributed by atoms with Crippen molar-refractivity contribution in [2.45, 2.75) is 6.54 Å². The molecule has 2 aromatic rings. The minimum absolute atomic E-state index is 0.0402. The van der Waals surface area contributed by atoms with E-state index in [0.29, 0.717) is 12.3 Å². The molecule has 0 fully saturated rings. The molecule has 2 heterocycles. The summed E-state index contributed by atoms with van der Waals surface area (Å²) in [4.78, 5) is 16.7. The highest BCUT2D eigenvalue weighted by Crippen LogP contribution is 2.10. The maximum atomic E-state index is 13.3. The molecule has 0 aliphatic carbocycles. The maximum absolute atomic E-state index is 13.3. The number of nitrogens with zero attached hydrogens (tertiary/aromatic N) is 2. The van der Waals surface area contributed by atoms with E-state index in [2.05, 4.69) is 4.98 Å². The van der Waals surface area contributed by atoms with Crippen molar-refractivity contribution in [3.8, 4) is 0 Å². The van der Waals surface area contributed by atoms with Gasteiger partial charge in [-0.1, -0.05) is 0 Å². The number of amides is 1. The first kappa shape index (κ1) is 11.3. The molecule has 0 aliphatic rings. The van der Waals surface area contributed by atoms with Crippen LogP contribution in [0.3, 0.4) is 0 Å².